The molecule has 0 atom stereocenters. The molecule has 33 heavy (non-hydrogen) atoms. The lowest BCUT2D eigenvalue weighted by molar-refractivity contribution is -0.110. The Morgan fingerprint density at radius 3 is 2.52 bits per heavy atom. The first kappa shape index (κ1) is 20.9. The molecule has 164 valence electrons. The molecule has 0 radical (unpaired) electrons. The van der Waals surface area contributed by atoms with Crippen LogP contribution in [0.25, 0.3) is 15.8 Å². The highest BCUT2D eigenvalue weighted by Crippen LogP contribution is 2.39. The zero-order valence-electron chi connectivity index (χ0n) is 16.9. The van der Waals surface area contributed by atoms with Gasteiger partial charge in [0.25, 0.3) is 21.8 Å². The quantitative estimate of drug-likeness (QED) is 0.377. The topological polar surface area (TPSA) is 117 Å². The molecule has 0 spiro atoms. The van der Waals surface area contributed by atoms with Gasteiger partial charge in [0.05, 0.1) is 31.9 Å². The summed E-state index contributed by atoms with van der Waals surface area (Å²) in [7, 11) is -4.03. The molecule has 0 fully saturated rings. The molecule has 10 heteroatoms. The molecule has 8 nitrogen and oxygen atoms in total. The summed E-state index contributed by atoms with van der Waals surface area (Å²) in [4.78, 5) is 28.9. The Morgan fingerprint density at radius 2 is 1.76 bits per heavy atom. The Kier molecular flexibility index (Phi) is 5.15. The van der Waals surface area contributed by atoms with Crippen LogP contribution in [0.4, 0.5) is 11.4 Å². The minimum atomic E-state index is -4.03. The van der Waals surface area contributed by atoms with Gasteiger partial charge >= 0.3 is 0 Å². The summed E-state index contributed by atoms with van der Waals surface area (Å²) < 4.78 is 28.1. The minimum Gasteiger partial charge on any atom is -0.361 e. The number of nitrogens with one attached hydrogen (secondary N) is 3. The lowest BCUT2D eigenvalue weighted by atomic mass is 10.1. The molecule has 0 bridgehead atoms. The Labute approximate surface area is 193 Å². The van der Waals surface area contributed by atoms with Crippen LogP contribution in [-0.2, 0) is 14.8 Å². The van der Waals surface area contributed by atoms with Crippen molar-refractivity contribution in [1.82, 2.24) is 9.71 Å². The van der Waals surface area contributed by atoms with E-state index in [1.54, 1.807) is 42.0 Å². The highest BCUT2D eigenvalue weighted by Gasteiger charge is 2.27. The summed E-state index contributed by atoms with van der Waals surface area (Å²) in [5, 5.41) is 5.88. The fraction of sp³-hybridized carbons (Fsp3) is 0. The molecule has 0 unspecified atom stereocenters. The molecule has 0 saturated heterocycles. The van der Waals surface area contributed by atoms with Gasteiger partial charge in [-0.15, -0.1) is 11.3 Å². The first-order valence-electron chi connectivity index (χ1n) is 9.79. The second kappa shape index (κ2) is 8.15. The first-order chi connectivity index (χ1) is 15.9. The number of rotatable bonds is 5. The lowest BCUT2D eigenvalue weighted by Gasteiger charge is -2.08. The average Bonchev–Trinajstić information content (AvgIpc) is 3.41. The number of carbonyl (C=O) groups excluding carboxylic acids is 2. The van der Waals surface area contributed by atoms with E-state index in [0.29, 0.717) is 11.3 Å². The van der Waals surface area contributed by atoms with E-state index in [4.69, 9.17) is 0 Å². The van der Waals surface area contributed by atoms with E-state index in [0.717, 1.165) is 21.5 Å². The largest absolute Gasteiger partial charge is 0.361 e. The van der Waals surface area contributed by atoms with Crippen LogP contribution in [-0.4, -0.2) is 25.2 Å². The molecule has 0 aliphatic carbocycles. The number of aromatic nitrogens is 1. The van der Waals surface area contributed by atoms with Crippen LogP contribution in [0.1, 0.15) is 15.9 Å². The minimum absolute atomic E-state index is 0.0553. The second-order valence-electron chi connectivity index (χ2n) is 7.17. The lowest BCUT2D eigenvalue weighted by Crippen LogP contribution is -2.30. The zero-order valence-corrected chi connectivity index (χ0v) is 18.5. The van der Waals surface area contributed by atoms with Crippen molar-refractivity contribution < 1.29 is 18.0 Å². The van der Waals surface area contributed by atoms with Crippen molar-refractivity contribution in [2.75, 3.05) is 10.6 Å². The summed E-state index contributed by atoms with van der Waals surface area (Å²) in [6.45, 7) is 0. The smallest absolute Gasteiger partial charge is 0.264 e. The van der Waals surface area contributed by atoms with Gasteiger partial charge in [0.1, 0.15) is 0 Å². The van der Waals surface area contributed by atoms with Crippen molar-refractivity contribution in [3.05, 3.63) is 89.6 Å². The number of hydrogen-bond donors (Lipinski definition) is 3. The normalized spacial score (nSPS) is 14.2. The van der Waals surface area contributed by atoms with Gasteiger partial charge in [0, 0.05) is 23.0 Å². The van der Waals surface area contributed by atoms with E-state index in [9.17, 15) is 18.0 Å². The third-order valence-corrected chi connectivity index (χ3v) is 7.28. The van der Waals surface area contributed by atoms with Gasteiger partial charge in [-0.05, 0) is 48.5 Å². The zero-order chi connectivity index (χ0) is 23.0. The molecule has 1 aliphatic heterocycles. The number of fused-ring (bicyclic) bond motifs is 3. The summed E-state index contributed by atoms with van der Waals surface area (Å²) in [6.07, 6.45) is 1.58. The van der Waals surface area contributed by atoms with Crippen molar-refractivity contribution in [3.8, 4) is 0 Å². The van der Waals surface area contributed by atoms with Gasteiger partial charge in [-0.3, -0.25) is 9.59 Å². The van der Waals surface area contributed by atoms with E-state index < -0.39 is 15.9 Å². The van der Waals surface area contributed by atoms with Crippen LogP contribution in [0.5, 0.6) is 0 Å². The Hall–Kier alpha value is -4.02. The summed E-state index contributed by atoms with van der Waals surface area (Å²) in [5.74, 6) is -0.941. The molecule has 1 aromatic heterocycles. The van der Waals surface area contributed by atoms with E-state index in [2.05, 4.69) is 20.3 Å². The molecule has 0 saturated carbocycles. The Bertz CT molecular complexity index is 1530. The van der Waals surface area contributed by atoms with Crippen LogP contribution in [0, 0.1) is 0 Å². The van der Waals surface area contributed by atoms with E-state index in [1.165, 1.54) is 35.6 Å². The Balaban J connectivity index is 1.35. The molecule has 3 N–H and O–H groups in total. The molecular weight excluding hydrogens is 460 g/mol. The molecular formula is C23H16N4O4S2. The number of sulfonamides is 1. The van der Waals surface area contributed by atoms with Crippen molar-refractivity contribution in [2.45, 2.75) is 4.90 Å². The number of nitrogens with zero attached hydrogens (tertiary/aromatic N) is 1. The number of thiazole rings is 1. The van der Waals surface area contributed by atoms with Gasteiger partial charge in [-0.1, -0.05) is 18.2 Å². The number of hydrogen-bond acceptors (Lipinski definition) is 7. The van der Waals surface area contributed by atoms with Crippen LogP contribution in [0.15, 0.2) is 83.3 Å². The fourth-order valence-electron chi connectivity index (χ4n) is 3.46. The first-order valence-corrected chi connectivity index (χ1v) is 12.2. The number of carbonyl (C=O) groups is 2. The number of benzene rings is 3. The number of amides is 2. The monoisotopic (exact) mass is 476 g/mol. The summed E-state index contributed by atoms with van der Waals surface area (Å²) in [5.41, 5.74) is 5.34. The van der Waals surface area contributed by atoms with Gasteiger partial charge in [-0.25, -0.2) is 18.1 Å². The molecule has 1 aliphatic rings. The summed E-state index contributed by atoms with van der Waals surface area (Å²) in [6, 6.07) is 17.7. The van der Waals surface area contributed by atoms with Crippen LogP contribution in [0.3, 0.4) is 0 Å². The van der Waals surface area contributed by atoms with Gasteiger partial charge in [0.2, 0.25) is 0 Å². The molecule has 4 aromatic rings. The Morgan fingerprint density at radius 1 is 1.00 bits per heavy atom. The van der Waals surface area contributed by atoms with Crippen molar-refractivity contribution in [3.63, 3.8) is 0 Å². The third-order valence-electron chi connectivity index (χ3n) is 5.07. The van der Waals surface area contributed by atoms with Crippen molar-refractivity contribution >= 4 is 60.3 Å². The van der Waals surface area contributed by atoms with Crippen molar-refractivity contribution in [1.29, 1.82) is 0 Å². The number of anilines is 2. The van der Waals surface area contributed by atoms with Crippen LogP contribution >= 0.6 is 11.3 Å². The molecule has 3 aromatic carbocycles. The molecule has 2 heterocycles. The third kappa shape index (κ3) is 3.97. The maximum atomic E-state index is 12.6. The highest BCUT2D eigenvalue weighted by atomic mass is 32.2. The van der Waals surface area contributed by atoms with Gasteiger partial charge < -0.3 is 10.6 Å². The maximum absolute atomic E-state index is 12.6. The van der Waals surface area contributed by atoms with E-state index in [-0.39, 0.29) is 16.4 Å². The van der Waals surface area contributed by atoms with Crippen LogP contribution in [0.2, 0.25) is 0 Å². The van der Waals surface area contributed by atoms with E-state index in [1.807, 2.05) is 12.1 Å². The predicted octanol–water partition coefficient (Wildman–Crippen LogP) is 3.82. The van der Waals surface area contributed by atoms with Gasteiger partial charge in [-0.2, -0.15) is 0 Å². The standard InChI is InChI=1S/C23H16N4O4S2/c28-22(14-4-2-1-3-5-14)27-33(30,31)16-8-6-15(7-9-16)24-12-17-20-18(26-23(17)29)10-11-19-21(20)32-13-25-19/h1-13,24H,(H,26,29)(H,27,28). The molecule has 2 amide bonds. The SMILES string of the molecule is O=C1Nc2ccc3ncsc3c2C1=CNc1ccc(S(=O)(=O)NC(=O)c2ccccc2)cc1. The van der Waals surface area contributed by atoms with Gasteiger partial charge in [0.15, 0.2) is 0 Å². The second-order valence-corrected chi connectivity index (χ2v) is 9.71. The maximum Gasteiger partial charge on any atom is 0.264 e. The van der Waals surface area contributed by atoms with E-state index >= 15 is 0 Å². The predicted molar refractivity (Wildman–Crippen MR) is 127 cm³/mol. The average molecular weight is 477 g/mol. The van der Waals surface area contributed by atoms with Crippen LogP contribution < -0.4 is 15.4 Å². The fourth-order valence-corrected chi connectivity index (χ4v) is 5.28. The van der Waals surface area contributed by atoms with Crippen molar-refractivity contribution in [2.24, 2.45) is 0 Å². The molecule has 5 rings (SSSR count). The highest BCUT2D eigenvalue weighted by molar-refractivity contribution is 7.90. The summed E-state index contributed by atoms with van der Waals surface area (Å²) >= 11 is 1.45.